The Morgan fingerprint density at radius 3 is 2.44 bits per heavy atom. The predicted molar refractivity (Wildman–Crippen MR) is 59.4 cm³/mol. The highest BCUT2D eigenvalue weighted by Crippen LogP contribution is 2.16. The molecule has 0 saturated heterocycles. The van der Waals surface area contributed by atoms with Gasteiger partial charge in [-0.25, -0.2) is 0 Å². The van der Waals surface area contributed by atoms with E-state index < -0.39 is 5.97 Å². The van der Waals surface area contributed by atoms with Crippen molar-refractivity contribution in [2.75, 3.05) is 0 Å². The van der Waals surface area contributed by atoms with Gasteiger partial charge in [0.25, 0.3) is 5.95 Å². The van der Waals surface area contributed by atoms with E-state index in [4.69, 9.17) is 14.6 Å². The molecule has 0 fully saturated rings. The zero-order valence-corrected chi connectivity index (χ0v) is 9.32. The molecule has 0 bridgehead atoms. The molecule has 2 N–H and O–H groups in total. The lowest BCUT2D eigenvalue weighted by molar-refractivity contribution is -0.137. The van der Waals surface area contributed by atoms with E-state index >= 15 is 0 Å². The smallest absolute Gasteiger partial charge is 0.303 e. The van der Waals surface area contributed by atoms with Gasteiger partial charge in [-0.3, -0.25) is 4.79 Å². The van der Waals surface area contributed by atoms with E-state index in [0.717, 1.165) is 44.3 Å². The number of aromatic hydroxyl groups is 1. The molecular weight excluding hydrogens is 208 g/mol. The fourth-order valence-electron chi connectivity index (χ4n) is 1.61. The van der Waals surface area contributed by atoms with Crippen LogP contribution in [-0.2, 0) is 11.2 Å². The Kier molecular flexibility index (Phi) is 5.46. The zero-order chi connectivity index (χ0) is 11.8. The van der Waals surface area contributed by atoms with Gasteiger partial charge in [0.1, 0.15) is 5.76 Å². The summed E-state index contributed by atoms with van der Waals surface area (Å²) in [6.45, 7) is 0. The van der Waals surface area contributed by atoms with E-state index in [1.165, 1.54) is 0 Å². The van der Waals surface area contributed by atoms with Gasteiger partial charge in [0.05, 0.1) is 0 Å². The standard InChI is InChI=1S/C12H18O4/c13-11(14)7-5-3-1-2-4-6-10-8-9-12(15)16-10/h8-9,15H,1-7H2,(H,13,14). The molecule has 4 nitrogen and oxygen atoms in total. The lowest BCUT2D eigenvalue weighted by Crippen LogP contribution is -1.93. The third-order valence-electron chi connectivity index (χ3n) is 2.46. The Morgan fingerprint density at radius 1 is 1.12 bits per heavy atom. The number of aryl methyl sites for hydroxylation is 1. The normalized spacial score (nSPS) is 10.5. The van der Waals surface area contributed by atoms with E-state index in [0.29, 0.717) is 0 Å². The van der Waals surface area contributed by atoms with Crippen molar-refractivity contribution < 1.29 is 19.4 Å². The number of unbranched alkanes of at least 4 members (excludes halogenated alkanes) is 4. The minimum Gasteiger partial charge on any atom is -0.481 e. The molecule has 0 radical (unpaired) electrons. The number of carbonyl (C=O) groups is 1. The second-order valence-electron chi connectivity index (χ2n) is 3.90. The van der Waals surface area contributed by atoms with Crippen molar-refractivity contribution in [1.29, 1.82) is 0 Å². The number of rotatable bonds is 8. The van der Waals surface area contributed by atoms with Crippen molar-refractivity contribution >= 4 is 5.97 Å². The molecule has 0 spiro atoms. The lowest BCUT2D eigenvalue weighted by Gasteiger charge is -1.99. The summed E-state index contributed by atoms with van der Waals surface area (Å²) in [5, 5.41) is 17.4. The number of hydrogen-bond donors (Lipinski definition) is 2. The van der Waals surface area contributed by atoms with Crippen LogP contribution in [0.15, 0.2) is 16.5 Å². The molecule has 16 heavy (non-hydrogen) atoms. The van der Waals surface area contributed by atoms with Crippen LogP contribution in [0.3, 0.4) is 0 Å². The topological polar surface area (TPSA) is 70.7 Å². The van der Waals surface area contributed by atoms with Crippen LogP contribution in [0.25, 0.3) is 0 Å². The van der Waals surface area contributed by atoms with Gasteiger partial charge in [-0.05, 0) is 18.9 Å². The third-order valence-corrected chi connectivity index (χ3v) is 2.46. The van der Waals surface area contributed by atoms with Crippen LogP contribution >= 0.6 is 0 Å². The van der Waals surface area contributed by atoms with Crippen molar-refractivity contribution in [3.8, 4) is 5.95 Å². The number of hydrogen-bond acceptors (Lipinski definition) is 3. The van der Waals surface area contributed by atoms with Crippen LogP contribution in [-0.4, -0.2) is 16.2 Å². The molecule has 0 aliphatic heterocycles. The van der Waals surface area contributed by atoms with Crippen molar-refractivity contribution in [2.45, 2.75) is 44.9 Å². The Labute approximate surface area is 94.9 Å². The monoisotopic (exact) mass is 226 g/mol. The molecule has 0 amide bonds. The number of furan rings is 1. The van der Waals surface area contributed by atoms with Crippen LogP contribution < -0.4 is 0 Å². The van der Waals surface area contributed by atoms with Crippen LogP contribution in [0.1, 0.15) is 44.3 Å². The highest BCUT2D eigenvalue weighted by atomic mass is 16.5. The van der Waals surface area contributed by atoms with Crippen molar-refractivity contribution in [1.82, 2.24) is 0 Å². The predicted octanol–water partition coefficient (Wildman–Crippen LogP) is 2.95. The van der Waals surface area contributed by atoms with Gasteiger partial charge in [0, 0.05) is 18.9 Å². The number of carboxylic acid groups (broad SMARTS) is 1. The number of aliphatic carboxylic acids is 1. The highest BCUT2D eigenvalue weighted by Gasteiger charge is 2.00. The van der Waals surface area contributed by atoms with Crippen molar-refractivity contribution in [3.63, 3.8) is 0 Å². The molecule has 0 saturated carbocycles. The van der Waals surface area contributed by atoms with E-state index in [1.807, 2.05) is 0 Å². The zero-order valence-electron chi connectivity index (χ0n) is 9.32. The van der Waals surface area contributed by atoms with Gasteiger partial charge in [-0.15, -0.1) is 0 Å². The fourth-order valence-corrected chi connectivity index (χ4v) is 1.61. The molecular formula is C12H18O4. The first-order valence-electron chi connectivity index (χ1n) is 5.68. The first-order chi connectivity index (χ1) is 7.68. The second kappa shape index (κ2) is 6.93. The minimum atomic E-state index is -0.717. The number of carboxylic acids is 1. The summed E-state index contributed by atoms with van der Waals surface area (Å²) >= 11 is 0. The van der Waals surface area contributed by atoms with E-state index in [9.17, 15) is 4.79 Å². The largest absolute Gasteiger partial charge is 0.481 e. The average Bonchev–Trinajstić information content (AvgIpc) is 2.62. The summed E-state index contributed by atoms with van der Waals surface area (Å²) in [5.74, 6) is 0.0607. The van der Waals surface area contributed by atoms with Gasteiger partial charge >= 0.3 is 5.97 Å². The van der Waals surface area contributed by atoms with Gasteiger partial charge in [0.15, 0.2) is 0 Å². The van der Waals surface area contributed by atoms with Crippen LogP contribution in [0.5, 0.6) is 5.95 Å². The SMILES string of the molecule is O=C(O)CCCCCCCc1ccc(O)o1. The van der Waals surface area contributed by atoms with Gasteiger partial charge in [-0.2, -0.15) is 0 Å². The van der Waals surface area contributed by atoms with Gasteiger partial charge in [-0.1, -0.05) is 19.3 Å². The molecule has 0 aliphatic carbocycles. The molecule has 4 heteroatoms. The molecule has 1 rings (SSSR count). The maximum Gasteiger partial charge on any atom is 0.303 e. The first-order valence-corrected chi connectivity index (χ1v) is 5.68. The Balaban J connectivity index is 1.94. The van der Waals surface area contributed by atoms with Crippen LogP contribution in [0.4, 0.5) is 0 Å². The summed E-state index contributed by atoms with van der Waals surface area (Å²) in [4.78, 5) is 10.2. The summed E-state index contributed by atoms with van der Waals surface area (Å²) < 4.78 is 5.02. The van der Waals surface area contributed by atoms with Crippen LogP contribution in [0, 0.1) is 0 Å². The lowest BCUT2D eigenvalue weighted by atomic mass is 10.1. The molecule has 1 aromatic heterocycles. The van der Waals surface area contributed by atoms with E-state index in [2.05, 4.69) is 0 Å². The summed E-state index contributed by atoms with van der Waals surface area (Å²) in [6, 6.07) is 3.32. The van der Waals surface area contributed by atoms with Crippen molar-refractivity contribution in [2.24, 2.45) is 0 Å². The summed E-state index contributed by atoms with van der Waals surface area (Å²) in [6.07, 6.45) is 5.97. The fraction of sp³-hybridized carbons (Fsp3) is 0.583. The molecule has 0 aliphatic rings. The van der Waals surface area contributed by atoms with E-state index in [-0.39, 0.29) is 12.4 Å². The average molecular weight is 226 g/mol. The third kappa shape index (κ3) is 5.44. The second-order valence-corrected chi connectivity index (χ2v) is 3.90. The Bertz CT molecular complexity index is 317. The highest BCUT2D eigenvalue weighted by molar-refractivity contribution is 5.66. The molecule has 90 valence electrons. The molecule has 0 aromatic carbocycles. The Hall–Kier alpha value is -1.45. The molecule has 0 unspecified atom stereocenters. The maximum absolute atomic E-state index is 10.2. The molecule has 1 heterocycles. The van der Waals surface area contributed by atoms with Gasteiger partial charge in [0.2, 0.25) is 0 Å². The molecule has 1 aromatic rings. The van der Waals surface area contributed by atoms with Gasteiger partial charge < -0.3 is 14.6 Å². The summed E-state index contributed by atoms with van der Waals surface area (Å²) in [5.41, 5.74) is 0. The van der Waals surface area contributed by atoms with Crippen molar-refractivity contribution in [3.05, 3.63) is 17.9 Å². The minimum absolute atomic E-state index is 0.0311. The molecule has 0 atom stereocenters. The quantitative estimate of drug-likeness (QED) is 0.668. The Morgan fingerprint density at radius 2 is 1.81 bits per heavy atom. The van der Waals surface area contributed by atoms with Crippen LogP contribution in [0.2, 0.25) is 0 Å². The maximum atomic E-state index is 10.2. The van der Waals surface area contributed by atoms with E-state index in [1.54, 1.807) is 12.1 Å². The first kappa shape index (κ1) is 12.6. The summed E-state index contributed by atoms with van der Waals surface area (Å²) in [7, 11) is 0.